The molecule has 4 nitrogen and oxygen atoms in total. The van der Waals surface area contributed by atoms with Gasteiger partial charge in [-0.15, -0.1) is 13.1 Å². The Morgan fingerprint density at radius 1 is 0.733 bits per heavy atom. The van der Waals surface area contributed by atoms with E-state index < -0.39 is 0 Å². The van der Waals surface area contributed by atoms with E-state index in [-0.39, 0.29) is 23.1 Å². The van der Waals surface area contributed by atoms with E-state index in [9.17, 15) is 0 Å². The van der Waals surface area contributed by atoms with Gasteiger partial charge in [-0.2, -0.15) is 14.1 Å². The molecule has 0 amide bonds. The van der Waals surface area contributed by atoms with Gasteiger partial charge >= 0.3 is 23.1 Å². The molecular formula is C10H26MgN4. The monoisotopic (exact) mass is 226 g/mol. The summed E-state index contributed by atoms with van der Waals surface area (Å²) >= 11 is 0. The van der Waals surface area contributed by atoms with E-state index in [0.29, 0.717) is 0 Å². The predicted molar refractivity (Wildman–Crippen MR) is 71.2 cm³/mol. The molecule has 88 valence electrons. The molecule has 0 N–H and O–H groups in total. The predicted octanol–water partition coefficient (Wildman–Crippen LogP) is 0.722. The molecule has 0 atom stereocenters. The summed E-state index contributed by atoms with van der Waals surface area (Å²) in [5.41, 5.74) is 0. The Labute approximate surface area is 112 Å². The van der Waals surface area contributed by atoms with Gasteiger partial charge in [-0.25, -0.2) is 0 Å². The fraction of sp³-hybridized carbons (Fsp3) is 1.00. The number of hydrogen-bond acceptors (Lipinski definition) is 2. The molecule has 0 rings (SSSR count). The van der Waals surface area contributed by atoms with Crippen molar-refractivity contribution in [1.82, 2.24) is 9.80 Å². The third kappa shape index (κ3) is 31.3. The second kappa shape index (κ2) is 17.0. The summed E-state index contributed by atoms with van der Waals surface area (Å²) in [6.07, 6.45) is 0. The topological polar surface area (TPSA) is 34.7 Å². The number of nitrogens with zero attached hydrogens (tertiary/aromatic N) is 4. The van der Waals surface area contributed by atoms with E-state index >= 15 is 0 Å². The molecule has 0 aliphatic heterocycles. The summed E-state index contributed by atoms with van der Waals surface area (Å²) in [5, 5.41) is 7.87. The molecule has 0 saturated heterocycles. The molecule has 0 aromatic heterocycles. The van der Waals surface area contributed by atoms with Crippen LogP contribution in [0.4, 0.5) is 0 Å². The SMILES string of the molecule is C[N-]CCN(C)C.C[N-]CCN(C)C.[Mg+2]. The van der Waals surface area contributed by atoms with Gasteiger partial charge in [0.25, 0.3) is 0 Å². The van der Waals surface area contributed by atoms with Gasteiger partial charge in [-0.05, 0) is 41.3 Å². The summed E-state index contributed by atoms with van der Waals surface area (Å²) in [6.45, 7) is 4.03. The summed E-state index contributed by atoms with van der Waals surface area (Å²) in [6, 6.07) is 0. The maximum absolute atomic E-state index is 3.93. The van der Waals surface area contributed by atoms with E-state index in [1.54, 1.807) is 0 Å². The first-order valence-electron chi connectivity index (χ1n) is 4.95. The maximum atomic E-state index is 3.93. The van der Waals surface area contributed by atoms with Crippen molar-refractivity contribution < 1.29 is 0 Å². The minimum absolute atomic E-state index is 0. The average molecular weight is 227 g/mol. The van der Waals surface area contributed by atoms with Crippen LogP contribution in [-0.2, 0) is 0 Å². The fourth-order valence-corrected chi connectivity index (χ4v) is 0.600. The van der Waals surface area contributed by atoms with E-state index in [4.69, 9.17) is 0 Å². The van der Waals surface area contributed by atoms with Gasteiger partial charge in [0, 0.05) is 0 Å². The van der Waals surface area contributed by atoms with E-state index in [2.05, 4.69) is 20.4 Å². The number of likely N-dealkylation sites (N-methyl/N-ethyl adjacent to an activating group) is 4. The number of hydrogen-bond donors (Lipinski definition) is 0. The molecular weight excluding hydrogens is 200 g/mol. The first-order valence-corrected chi connectivity index (χ1v) is 4.95. The van der Waals surface area contributed by atoms with Crippen LogP contribution in [0.1, 0.15) is 0 Å². The van der Waals surface area contributed by atoms with Gasteiger partial charge < -0.3 is 20.4 Å². The van der Waals surface area contributed by atoms with Crippen LogP contribution in [0.5, 0.6) is 0 Å². The Kier molecular flexibility index (Phi) is 23.8. The Bertz CT molecular complexity index is 87.4. The molecule has 0 fully saturated rings. The van der Waals surface area contributed by atoms with Crippen molar-refractivity contribution in [3.8, 4) is 0 Å². The zero-order valence-electron chi connectivity index (χ0n) is 11.3. The van der Waals surface area contributed by atoms with Crippen LogP contribution in [0.15, 0.2) is 0 Å². The summed E-state index contributed by atoms with van der Waals surface area (Å²) in [4.78, 5) is 4.24. The van der Waals surface area contributed by atoms with Gasteiger partial charge in [0.15, 0.2) is 0 Å². The zero-order valence-corrected chi connectivity index (χ0v) is 12.7. The number of rotatable bonds is 6. The van der Waals surface area contributed by atoms with E-state index in [1.165, 1.54) is 0 Å². The standard InChI is InChI=1S/2C5H13N2.Mg/c2*1-6-4-5-7(2)3;/h2*4-5H2,1-3H3;/q2*-1;+2. The molecule has 5 heteroatoms. The van der Waals surface area contributed by atoms with Gasteiger partial charge in [0.2, 0.25) is 0 Å². The van der Waals surface area contributed by atoms with Crippen molar-refractivity contribution in [2.75, 3.05) is 68.5 Å². The molecule has 0 saturated carbocycles. The third-order valence-electron chi connectivity index (χ3n) is 1.54. The van der Waals surface area contributed by atoms with Crippen LogP contribution in [-0.4, -0.2) is 101 Å². The van der Waals surface area contributed by atoms with Crippen molar-refractivity contribution in [2.24, 2.45) is 0 Å². The Hall–Kier alpha value is 0.606. The maximum Gasteiger partial charge on any atom is 2.00 e. The van der Waals surface area contributed by atoms with Crippen molar-refractivity contribution in [3.63, 3.8) is 0 Å². The first-order chi connectivity index (χ1) is 6.54. The molecule has 0 aliphatic carbocycles. The van der Waals surface area contributed by atoms with Gasteiger partial charge in [0.1, 0.15) is 0 Å². The van der Waals surface area contributed by atoms with Crippen LogP contribution < -0.4 is 0 Å². The molecule has 0 unspecified atom stereocenters. The largest absolute Gasteiger partial charge is 2.00 e. The molecule has 0 heterocycles. The summed E-state index contributed by atoms with van der Waals surface area (Å²) in [5.74, 6) is 0. The molecule has 0 aliphatic rings. The smallest absolute Gasteiger partial charge is 0.664 e. The fourth-order valence-electron chi connectivity index (χ4n) is 0.600. The van der Waals surface area contributed by atoms with Gasteiger partial charge in [-0.3, -0.25) is 0 Å². The first kappa shape index (κ1) is 21.0. The third-order valence-corrected chi connectivity index (χ3v) is 1.54. The van der Waals surface area contributed by atoms with Crippen LogP contribution in [0, 0.1) is 0 Å². The molecule has 0 aromatic carbocycles. The Balaban J connectivity index is -0.000000180. The molecule has 0 spiro atoms. The van der Waals surface area contributed by atoms with Crippen LogP contribution in [0.2, 0.25) is 0 Å². The Morgan fingerprint density at radius 2 is 1.00 bits per heavy atom. The van der Waals surface area contributed by atoms with Crippen LogP contribution >= 0.6 is 0 Å². The van der Waals surface area contributed by atoms with Crippen LogP contribution in [0.3, 0.4) is 0 Å². The summed E-state index contributed by atoms with van der Waals surface area (Å²) < 4.78 is 0. The van der Waals surface area contributed by atoms with Crippen molar-refractivity contribution in [3.05, 3.63) is 10.6 Å². The quantitative estimate of drug-likeness (QED) is 0.626. The second-order valence-corrected chi connectivity index (χ2v) is 3.69. The molecule has 15 heavy (non-hydrogen) atoms. The van der Waals surface area contributed by atoms with Crippen molar-refractivity contribution in [1.29, 1.82) is 0 Å². The normalized spacial score (nSPS) is 9.60. The van der Waals surface area contributed by atoms with Gasteiger partial charge in [-0.1, -0.05) is 0 Å². The Morgan fingerprint density at radius 3 is 1.07 bits per heavy atom. The van der Waals surface area contributed by atoms with Crippen molar-refractivity contribution >= 4 is 23.1 Å². The molecule has 0 radical (unpaired) electrons. The zero-order chi connectivity index (χ0) is 11.4. The molecule has 0 bridgehead atoms. The van der Waals surface area contributed by atoms with Crippen molar-refractivity contribution in [2.45, 2.75) is 0 Å². The minimum Gasteiger partial charge on any atom is -0.664 e. The minimum atomic E-state index is 0. The van der Waals surface area contributed by atoms with E-state index in [1.807, 2.05) is 42.3 Å². The van der Waals surface area contributed by atoms with Crippen LogP contribution in [0.25, 0.3) is 10.6 Å². The molecule has 0 aromatic rings. The van der Waals surface area contributed by atoms with E-state index in [0.717, 1.165) is 26.2 Å². The van der Waals surface area contributed by atoms with Gasteiger partial charge in [0.05, 0.1) is 0 Å². The average Bonchev–Trinajstić information content (AvgIpc) is 2.12. The second-order valence-electron chi connectivity index (χ2n) is 3.69. The summed E-state index contributed by atoms with van der Waals surface area (Å²) in [7, 11) is 11.9.